The number of nitrogens with one attached hydrogen (secondary N) is 2. The zero-order valence-electron chi connectivity index (χ0n) is 14.7. The number of piperidine rings is 1. The van der Waals surface area contributed by atoms with Gasteiger partial charge in [-0.25, -0.2) is 4.79 Å². The lowest BCUT2D eigenvalue weighted by molar-refractivity contribution is -0.172. The van der Waals surface area contributed by atoms with E-state index in [1.54, 1.807) is 4.90 Å². The van der Waals surface area contributed by atoms with Crippen LogP contribution >= 0.6 is 0 Å². The van der Waals surface area contributed by atoms with Gasteiger partial charge in [-0.05, 0) is 19.3 Å². The quantitative estimate of drug-likeness (QED) is 0.694. The van der Waals surface area contributed by atoms with Gasteiger partial charge in [-0.1, -0.05) is 13.8 Å². The SMILES string of the molecule is CC1(C)CC(C(=O)N2CC3(C2)OC(=O)NC32CCOCC2)CNC1=O. The van der Waals surface area contributed by atoms with Crippen LogP contribution in [-0.4, -0.2) is 66.8 Å². The number of carbonyl (C=O) groups excluding carboxylic acids is 3. The molecule has 4 heterocycles. The van der Waals surface area contributed by atoms with Crippen LogP contribution in [0.4, 0.5) is 4.79 Å². The Hall–Kier alpha value is -1.83. The number of ether oxygens (including phenoxy) is 2. The van der Waals surface area contributed by atoms with E-state index in [0.29, 0.717) is 52.1 Å². The first-order chi connectivity index (χ1) is 11.8. The smallest absolute Gasteiger partial charge is 0.408 e. The van der Waals surface area contributed by atoms with E-state index in [0.717, 1.165) is 0 Å². The van der Waals surface area contributed by atoms with Crippen molar-refractivity contribution >= 4 is 17.9 Å². The molecule has 4 rings (SSSR count). The van der Waals surface area contributed by atoms with Crippen molar-refractivity contribution in [1.82, 2.24) is 15.5 Å². The van der Waals surface area contributed by atoms with E-state index in [9.17, 15) is 14.4 Å². The Labute approximate surface area is 146 Å². The lowest BCUT2D eigenvalue weighted by Gasteiger charge is -2.55. The zero-order chi connectivity index (χ0) is 17.9. The van der Waals surface area contributed by atoms with Gasteiger partial charge in [0.15, 0.2) is 5.60 Å². The zero-order valence-corrected chi connectivity index (χ0v) is 14.7. The Kier molecular flexibility index (Phi) is 3.55. The summed E-state index contributed by atoms with van der Waals surface area (Å²) >= 11 is 0. The van der Waals surface area contributed by atoms with E-state index in [4.69, 9.17) is 9.47 Å². The number of carbonyl (C=O) groups is 3. The number of nitrogens with zero attached hydrogens (tertiary/aromatic N) is 1. The Morgan fingerprint density at radius 3 is 2.52 bits per heavy atom. The van der Waals surface area contributed by atoms with E-state index in [-0.39, 0.29) is 17.7 Å². The number of hydrogen-bond donors (Lipinski definition) is 2. The van der Waals surface area contributed by atoms with Gasteiger partial charge in [0.05, 0.1) is 24.5 Å². The molecule has 0 bridgehead atoms. The molecule has 4 fully saturated rings. The molecule has 1 unspecified atom stereocenters. The molecule has 0 aliphatic carbocycles. The molecule has 2 N–H and O–H groups in total. The molecule has 2 spiro atoms. The van der Waals surface area contributed by atoms with Crippen LogP contribution in [0.5, 0.6) is 0 Å². The molecule has 4 aliphatic rings. The van der Waals surface area contributed by atoms with Gasteiger partial charge in [0.2, 0.25) is 11.8 Å². The van der Waals surface area contributed by atoms with E-state index < -0.39 is 22.6 Å². The maximum atomic E-state index is 12.9. The summed E-state index contributed by atoms with van der Waals surface area (Å²) in [4.78, 5) is 38.4. The number of rotatable bonds is 1. The fourth-order valence-corrected chi connectivity index (χ4v) is 4.67. The molecule has 0 radical (unpaired) electrons. The van der Waals surface area contributed by atoms with Crippen molar-refractivity contribution in [2.45, 2.75) is 44.2 Å². The van der Waals surface area contributed by atoms with Crippen LogP contribution in [0.3, 0.4) is 0 Å². The minimum absolute atomic E-state index is 0.00767. The van der Waals surface area contributed by atoms with Crippen LogP contribution in [0.1, 0.15) is 33.1 Å². The first-order valence-corrected chi connectivity index (χ1v) is 8.93. The molecule has 8 heteroatoms. The van der Waals surface area contributed by atoms with Crippen molar-refractivity contribution in [1.29, 1.82) is 0 Å². The average molecular weight is 351 g/mol. The molecule has 1 atom stereocenters. The summed E-state index contributed by atoms with van der Waals surface area (Å²) in [6.45, 7) is 6.09. The second kappa shape index (κ2) is 5.33. The van der Waals surface area contributed by atoms with Crippen LogP contribution in [-0.2, 0) is 19.1 Å². The number of amides is 3. The molecule has 4 saturated heterocycles. The highest BCUT2D eigenvalue weighted by atomic mass is 16.6. The lowest BCUT2D eigenvalue weighted by atomic mass is 9.69. The fourth-order valence-electron chi connectivity index (χ4n) is 4.67. The molecule has 8 nitrogen and oxygen atoms in total. The first-order valence-electron chi connectivity index (χ1n) is 8.93. The minimum atomic E-state index is -0.642. The third-order valence-corrected chi connectivity index (χ3v) is 6.28. The van der Waals surface area contributed by atoms with Crippen molar-refractivity contribution in [3.05, 3.63) is 0 Å². The van der Waals surface area contributed by atoms with Crippen LogP contribution in [0.25, 0.3) is 0 Å². The van der Waals surface area contributed by atoms with Crippen molar-refractivity contribution in [2.24, 2.45) is 11.3 Å². The van der Waals surface area contributed by atoms with Gasteiger partial charge < -0.3 is 25.0 Å². The van der Waals surface area contributed by atoms with E-state index in [2.05, 4.69) is 10.6 Å². The molecule has 0 aromatic heterocycles. The molecular formula is C17H25N3O5. The van der Waals surface area contributed by atoms with Crippen LogP contribution in [0.2, 0.25) is 0 Å². The number of hydrogen-bond acceptors (Lipinski definition) is 5. The lowest BCUT2D eigenvalue weighted by Crippen LogP contribution is -2.76. The molecular weight excluding hydrogens is 326 g/mol. The number of fused-ring (bicyclic) bond motifs is 1. The van der Waals surface area contributed by atoms with Crippen LogP contribution < -0.4 is 10.6 Å². The Morgan fingerprint density at radius 2 is 1.88 bits per heavy atom. The molecule has 3 amide bonds. The normalized spacial score (nSPS) is 31.9. The second-order valence-corrected chi connectivity index (χ2v) is 8.39. The maximum Gasteiger partial charge on any atom is 0.408 e. The van der Waals surface area contributed by atoms with E-state index in [1.807, 2.05) is 13.8 Å². The standard InChI is InChI=1S/C17H25N3O5/c1-15(2)7-11(8-18-13(15)22)12(21)20-9-17(10-20)16(19-14(23)25-17)3-5-24-6-4-16/h11H,3-10H2,1-2H3,(H,18,22)(H,19,23). The van der Waals surface area contributed by atoms with E-state index >= 15 is 0 Å². The summed E-state index contributed by atoms with van der Waals surface area (Å²) in [5.41, 5.74) is -1.61. The molecule has 0 aromatic carbocycles. The minimum Gasteiger partial charge on any atom is -0.437 e. The van der Waals surface area contributed by atoms with Gasteiger partial charge in [-0.2, -0.15) is 0 Å². The summed E-state index contributed by atoms with van der Waals surface area (Å²) in [5, 5.41) is 5.81. The van der Waals surface area contributed by atoms with Crippen molar-refractivity contribution in [2.75, 3.05) is 32.8 Å². The highest BCUT2D eigenvalue weighted by Crippen LogP contribution is 2.46. The Bertz CT molecular complexity index is 620. The predicted octanol–water partition coefficient (Wildman–Crippen LogP) is 0.0187. The van der Waals surface area contributed by atoms with Gasteiger partial charge in [-0.15, -0.1) is 0 Å². The third kappa shape index (κ3) is 2.41. The number of likely N-dealkylation sites (tertiary alicyclic amines) is 1. The predicted molar refractivity (Wildman–Crippen MR) is 86.6 cm³/mol. The molecule has 25 heavy (non-hydrogen) atoms. The van der Waals surface area contributed by atoms with Gasteiger partial charge in [-0.3, -0.25) is 9.59 Å². The third-order valence-electron chi connectivity index (χ3n) is 6.28. The Morgan fingerprint density at radius 1 is 1.20 bits per heavy atom. The first kappa shape index (κ1) is 16.6. The summed E-state index contributed by atoms with van der Waals surface area (Å²) < 4.78 is 11.1. The molecule has 0 saturated carbocycles. The fraction of sp³-hybridized carbons (Fsp3) is 0.824. The monoisotopic (exact) mass is 351 g/mol. The van der Waals surface area contributed by atoms with Crippen molar-refractivity contribution < 1.29 is 23.9 Å². The molecule has 4 aliphatic heterocycles. The molecule has 138 valence electrons. The number of alkyl carbamates (subject to hydrolysis) is 1. The maximum absolute atomic E-state index is 12.9. The largest absolute Gasteiger partial charge is 0.437 e. The van der Waals surface area contributed by atoms with Crippen molar-refractivity contribution in [3.63, 3.8) is 0 Å². The molecule has 0 aromatic rings. The van der Waals surface area contributed by atoms with Gasteiger partial charge >= 0.3 is 6.09 Å². The Balaban J connectivity index is 1.45. The summed E-state index contributed by atoms with van der Waals surface area (Å²) in [6.07, 6.45) is 1.54. The van der Waals surface area contributed by atoms with E-state index in [1.165, 1.54) is 0 Å². The van der Waals surface area contributed by atoms with Crippen LogP contribution in [0.15, 0.2) is 0 Å². The van der Waals surface area contributed by atoms with Gasteiger partial charge in [0.1, 0.15) is 0 Å². The summed E-state index contributed by atoms with van der Waals surface area (Å²) in [6, 6.07) is 0. The second-order valence-electron chi connectivity index (χ2n) is 8.39. The average Bonchev–Trinajstić information content (AvgIpc) is 2.80. The highest BCUT2D eigenvalue weighted by Gasteiger charge is 2.67. The van der Waals surface area contributed by atoms with Crippen LogP contribution in [0, 0.1) is 11.3 Å². The van der Waals surface area contributed by atoms with Gasteiger partial charge in [0.25, 0.3) is 0 Å². The summed E-state index contributed by atoms with van der Waals surface area (Å²) in [7, 11) is 0. The van der Waals surface area contributed by atoms with Gasteiger partial charge in [0, 0.05) is 25.2 Å². The topological polar surface area (TPSA) is 97.0 Å². The highest BCUT2D eigenvalue weighted by molar-refractivity contribution is 5.87. The van der Waals surface area contributed by atoms with Crippen molar-refractivity contribution in [3.8, 4) is 0 Å². The summed E-state index contributed by atoms with van der Waals surface area (Å²) in [5.74, 6) is -0.198.